The lowest BCUT2D eigenvalue weighted by Gasteiger charge is -2.31. The maximum atomic E-state index is 12.3. The summed E-state index contributed by atoms with van der Waals surface area (Å²) >= 11 is 0. The molecule has 1 amide bonds. The Balaban J connectivity index is 1.71. The van der Waals surface area contributed by atoms with E-state index in [-0.39, 0.29) is 5.91 Å². The molecule has 0 bridgehead atoms. The predicted molar refractivity (Wildman–Crippen MR) is 109 cm³/mol. The van der Waals surface area contributed by atoms with Crippen LogP contribution in [0.15, 0.2) is 42.1 Å². The lowest BCUT2D eigenvalue weighted by molar-refractivity contribution is -0.116. The molecule has 0 spiro atoms. The van der Waals surface area contributed by atoms with Crippen molar-refractivity contribution in [3.63, 3.8) is 0 Å². The molecule has 1 aliphatic heterocycles. The number of allylic oxidation sites excluding steroid dienone is 2. The summed E-state index contributed by atoms with van der Waals surface area (Å²) in [5.41, 5.74) is 7.03. The van der Waals surface area contributed by atoms with Crippen LogP contribution in [0.3, 0.4) is 0 Å². The van der Waals surface area contributed by atoms with E-state index in [1.807, 2.05) is 6.92 Å². The van der Waals surface area contributed by atoms with E-state index >= 15 is 0 Å². The van der Waals surface area contributed by atoms with Crippen LogP contribution in [0.4, 0.5) is 11.4 Å². The van der Waals surface area contributed by atoms with Gasteiger partial charge in [-0.05, 0) is 69.5 Å². The molecule has 0 saturated carbocycles. The van der Waals surface area contributed by atoms with Crippen LogP contribution in [0.25, 0.3) is 0 Å². The molecule has 1 aromatic carbocycles. The number of benzene rings is 1. The number of carbonyl (C=O) groups excluding carboxylic acids is 1. The van der Waals surface area contributed by atoms with Crippen molar-refractivity contribution in [2.45, 2.75) is 53.6 Å². The van der Waals surface area contributed by atoms with Gasteiger partial charge in [-0.25, -0.2) is 0 Å². The van der Waals surface area contributed by atoms with Gasteiger partial charge in [0.15, 0.2) is 0 Å². The Labute approximate surface area is 156 Å². The van der Waals surface area contributed by atoms with Crippen molar-refractivity contribution in [3.8, 4) is 0 Å². The molecule has 4 heteroatoms. The summed E-state index contributed by atoms with van der Waals surface area (Å²) in [4.78, 5) is 14.7. The second-order valence-corrected chi connectivity index (χ2v) is 7.25. The smallest absolute Gasteiger partial charge is 0.224 e. The van der Waals surface area contributed by atoms with E-state index in [0.29, 0.717) is 6.42 Å². The van der Waals surface area contributed by atoms with Crippen LogP contribution in [-0.4, -0.2) is 17.0 Å². The normalized spacial score (nSPS) is 14.3. The predicted octanol–water partition coefficient (Wildman–Crippen LogP) is 4.81. The quantitative estimate of drug-likeness (QED) is 0.785. The molecule has 26 heavy (non-hydrogen) atoms. The van der Waals surface area contributed by atoms with Crippen molar-refractivity contribution < 1.29 is 4.79 Å². The molecule has 3 rings (SSSR count). The van der Waals surface area contributed by atoms with Crippen LogP contribution < -0.4 is 10.2 Å². The molecule has 0 fully saturated rings. The third-order valence-corrected chi connectivity index (χ3v) is 5.27. The molecule has 1 aliphatic rings. The number of nitrogens with zero attached hydrogens (tertiary/aromatic N) is 2. The van der Waals surface area contributed by atoms with Gasteiger partial charge >= 0.3 is 0 Å². The summed E-state index contributed by atoms with van der Waals surface area (Å²) in [6.07, 6.45) is 5.55. The number of hydrogen-bond acceptors (Lipinski definition) is 2. The van der Waals surface area contributed by atoms with Gasteiger partial charge in [0, 0.05) is 42.8 Å². The topological polar surface area (TPSA) is 37.3 Å². The van der Waals surface area contributed by atoms with Crippen LogP contribution in [0.1, 0.15) is 43.5 Å². The maximum absolute atomic E-state index is 12.3. The Hall–Kier alpha value is -2.49. The number of hydrogen-bond donors (Lipinski definition) is 1. The van der Waals surface area contributed by atoms with Gasteiger partial charge < -0.3 is 14.8 Å². The first-order valence-electron chi connectivity index (χ1n) is 9.39. The van der Waals surface area contributed by atoms with Crippen molar-refractivity contribution in [1.29, 1.82) is 0 Å². The summed E-state index contributed by atoms with van der Waals surface area (Å²) in [5, 5.41) is 3.11. The lowest BCUT2D eigenvalue weighted by Crippen LogP contribution is -2.33. The van der Waals surface area contributed by atoms with Crippen LogP contribution in [0.2, 0.25) is 0 Å². The molecule has 0 aliphatic carbocycles. The number of aromatic nitrogens is 1. The zero-order valence-electron chi connectivity index (χ0n) is 16.3. The fraction of sp³-hybridized carbons (Fsp3) is 0.409. The third-order valence-electron chi connectivity index (χ3n) is 5.27. The van der Waals surface area contributed by atoms with Crippen molar-refractivity contribution in [2.24, 2.45) is 0 Å². The minimum absolute atomic E-state index is 0.0842. The summed E-state index contributed by atoms with van der Waals surface area (Å²) in [5.74, 6) is 0.0842. The molecule has 2 aromatic rings. The van der Waals surface area contributed by atoms with Crippen LogP contribution in [-0.2, 0) is 17.9 Å². The first kappa shape index (κ1) is 18.3. The summed E-state index contributed by atoms with van der Waals surface area (Å²) in [6, 6.07) is 8.69. The summed E-state index contributed by atoms with van der Waals surface area (Å²) in [6.45, 7) is 11.2. The van der Waals surface area contributed by atoms with Gasteiger partial charge in [0.1, 0.15) is 0 Å². The fourth-order valence-electron chi connectivity index (χ4n) is 3.51. The highest BCUT2D eigenvalue weighted by Crippen LogP contribution is 2.29. The van der Waals surface area contributed by atoms with E-state index in [1.165, 1.54) is 17.0 Å². The molecule has 0 unspecified atom stereocenters. The van der Waals surface area contributed by atoms with E-state index in [4.69, 9.17) is 0 Å². The Kier molecular flexibility index (Phi) is 5.50. The maximum Gasteiger partial charge on any atom is 0.224 e. The molecular formula is C22H29N3O. The van der Waals surface area contributed by atoms with Gasteiger partial charge in [-0.3, -0.25) is 4.79 Å². The summed E-state index contributed by atoms with van der Waals surface area (Å²) < 4.78 is 2.32. The second-order valence-electron chi connectivity index (χ2n) is 7.25. The molecule has 138 valence electrons. The summed E-state index contributed by atoms with van der Waals surface area (Å²) in [7, 11) is 0. The molecular weight excluding hydrogens is 322 g/mol. The van der Waals surface area contributed by atoms with Gasteiger partial charge in [-0.2, -0.15) is 0 Å². The van der Waals surface area contributed by atoms with E-state index in [1.54, 1.807) is 0 Å². The van der Waals surface area contributed by atoms with Gasteiger partial charge in [0.25, 0.3) is 0 Å². The Morgan fingerprint density at radius 2 is 1.92 bits per heavy atom. The second kappa shape index (κ2) is 7.81. The average molecular weight is 351 g/mol. The van der Waals surface area contributed by atoms with E-state index in [9.17, 15) is 4.79 Å². The minimum Gasteiger partial charge on any atom is -0.364 e. The van der Waals surface area contributed by atoms with Crippen molar-refractivity contribution in [3.05, 3.63) is 58.9 Å². The van der Waals surface area contributed by atoms with Crippen LogP contribution >= 0.6 is 0 Å². The molecule has 0 saturated heterocycles. The zero-order chi connectivity index (χ0) is 18.7. The van der Waals surface area contributed by atoms with Crippen LogP contribution in [0, 0.1) is 13.8 Å². The van der Waals surface area contributed by atoms with Crippen molar-refractivity contribution >= 4 is 17.3 Å². The lowest BCUT2D eigenvalue weighted by atomic mass is 10.1. The highest BCUT2D eigenvalue weighted by Gasteiger charge is 2.17. The van der Waals surface area contributed by atoms with E-state index < -0.39 is 0 Å². The van der Waals surface area contributed by atoms with Gasteiger partial charge in [0.05, 0.1) is 6.54 Å². The number of carbonyl (C=O) groups is 1. The molecule has 0 atom stereocenters. The molecule has 0 radical (unpaired) electrons. The number of amides is 1. The Morgan fingerprint density at radius 1 is 1.19 bits per heavy atom. The van der Waals surface area contributed by atoms with E-state index in [0.717, 1.165) is 42.9 Å². The zero-order valence-corrected chi connectivity index (χ0v) is 16.3. The molecule has 1 aromatic heterocycles. The molecule has 1 N–H and O–H groups in total. The molecule has 4 nitrogen and oxygen atoms in total. The number of rotatable bonds is 5. The van der Waals surface area contributed by atoms with Crippen molar-refractivity contribution in [1.82, 2.24) is 4.57 Å². The highest BCUT2D eigenvalue weighted by atomic mass is 16.1. The van der Waals surface area contributed by atoms with Gasteiger partial charge in [-0.1, -0.05) is 11.6 Å². The third kappa shape index (κ3) is 4.01. The standard InChI is InChI=1S/C22H29N3O/c1-5-16(2)8-9-21(26)23-22-17(3)13-20(14-18(22)4)25-12-11-24-10-6-7-19(24)15-25/h5-7,10,13-14H,8-9,11-12,15H2,1-4H3,(H,23,26). The van der Waals surface area contributed by atoms with Gasteiger partial charge in [0.2, 0.25) is 5.91 Å². The Morgan fingerprint density at radius 3 is 2.62 bits per heavy atom. The monoisotopic (exact) mass is 351 g/mol. The first-order valence-corrected chi connectivity index (χ1v) is 9.39. The van der Waals surface area contributed by atoms with Crippen LogP contribution in [0.5, 0.6) is 0 Å². The number of anilines is 2. The SMILES string of the molecule is CC=C(C)CCC(=O)Nc1c(C)cc(N2CCn3cccc3C2)cc1C. The minimum atomic E-state index is 0.0842. The Bertz CT molecular complexity index is 809. The average Bonchev–Trinajstić information content (AvgIpc) is 3.10. The fourth-order valence-corrected chi connectivity index (χ4v) is 3.51. The first-order chi connectivity index (χ1) is 12.5. The number of aryl methyl sites for hydroxylation is 2. The number of fused-ring (bicyclic) bond motifs is 1. The van der Waals surface area contributed by atoms with Crippen molar-refractivity contribution in [2.75, 3.05) is 16.8 Å². The largest absolute Gasteiger partial charge is 0.364 e. The highest BCUT2D eigenvalue weighted by molar-refractivity contribution is 5.92. The number of nitrogens with one attached hydrogen (secondary N) is 1. The van der Waals surface area contributed by atoms with Gasteiger partial charge in [-0.15, -0.1) is 0 Å². The molecule has 2 heterocycles. The van der Waals surface area contributed by atoms with E-state index in [2.05, 4.69) is 72.1 Å².